The van der Waals surface area contributed by atoms with Crippen molar-refractivity contribution in [2.45, 2.75) is 31.3 Å². The monoisotopic (exact) mass is 127 g/mol. The second-order valence-electron chi connectivity index (χ2n) is 2.55. The van der Waals surface area contributed by atoms with Crippen LogP contribution in [0.2, 0.25) is 0 Å². The molecule has 0 bridgehead atoms. The SMILES string of the molecule is [NH]C1(NC=O)CCCC1. The van der Waals surface area contributed by atoms with Gasteiger partial charge in [0, 0.05) is 0 Å². The molecule has 1 aliphatic carbocycles. The average Bonchev–Trinajstić information content (AvgIpc) is 2.16. The number of amides is 1. The fraction of sp³-hybridized carbons (Fsp3) is 0.833. The molecular weight excluding hydrogens is 116 g/mol. The van der Waals surface area contributed by atoms with Crippen LogP contribution in [0, 0.1) is 0 Å². The van der Waals surface area contributed by atoms with Crippen LogP contribution in [0.4, 0.5) is 0 Å². The van der Waals surface area contributed by atoms with Crippen molar-refractivity contribution < 1.29 is 4.79 Å². The highest BCUT2D eigenvalue weighted by molar-refractivity contribution is 5.47. The van der Waals surface area contributed by atoms with Crippen molar-refractivity contribution in [2.24, 2.45) is 0 Å². The fourth-order valence-corrected chi connectivity index (χ4v) is 1.24. The normalized spacial score (nSPS) is 23.7. The highest BCUT2D eigenvalue weighted by Crippen LogP contribution is 2.25. The van der Waals surface area contributed by atoms with Crippen LogP contribution in [-0.4, -0.2) is 12.1 Å². The van der Waals surface area contributed by atoms with E-state index in [2.05, 4.69) is 5.32 Å². The van der Waals surface area contributed by atoms with Gasteiger partial charge in [0.2, 0.25) is 6.41 Å². The highest BCUT2D eigenvalue weighted by atomic mass is 16.1. The first kappa shape index (κ1) is 6.55. The van der Waals surface area contributed by atoms with Gasteiger partial charge < -0.3 is 5.32 Å². The van der Waals surface area contributed by atoms with Crippen LogP contribution < -0.4 is 11.1 Å². The molecule has 51 valence electrons. The maximum atomic E-state index is 9.93. The first-order valence-electron chi connectivity index (χ1n) is 3.23. The van der Waals surface area contributed by atoms with Crippen LogP contribution in [0.5, 0.6) is 0 Å². The van der Waals surface area contributed by atoms with E-state index in [0.29, 0.717) is 6.41 Å². The van der Waals surface area contributed by atoms with E-state index in [1.54, 1.807) is 0 Å². The third-order valence-corrected chi connectivity index (χ3v) is 1.79. The molecule has 0 spiro atoms. The molecule has 1 amide bonds. The summed E-state index contributed by atoms with van der Waals surface area (Å²) in [6.45, 7) is 0. The lowest BCUT2D eigenvalue weighted by atomic mass is 10.1. The van der Waals surface area contributed by atoms with Gasteiger partial charge in [-0.1, -0.05) is 0 Å². The molecule has 0 aromatic carbocycles. The standard InChI is InChI=1S/C6H11N2O/c7-6(8-5-9)3-1-2-4-6/h5,7H,1-4H2,(H,8,9). The summed E-state index contributed by atoms with van der Waals surface area (Å²) in [7, 11) is 0. The van der Waals surface area contributed by atoms with E-state index in [0.717, 1.165) is 25.7 Å². The molecule has 1 radical (unpaired) electrons. The molecule has 3 heteroatoms. The van der Waals surface area contributed by atoms with Crippen LogP contribution in [0.15, 0.2) is 0 Å². The molecular formula is C6H11N2O. The largest absolute Gasteiger partial charge is 0.340 e. The van der Waals surface area contributed by atoms with Crippen molar-refractivity contribution in [2.75, 3.05) is 0 Å². The van der Waals surface area contributed by atoms with Crippen LogP contribution >= 0.6 is 0 Å². The minimum absolute atomic E-state index is 0.623. The van der Waals surface area contributed by atoms with Crippen molar-refractivity contribution in [3.63, 3.8) is 0 Å². The first-order chi connectivity index (χ1) is 4.27. The van der Waals surface area contributed by atoms with Crippen LogP contribution in [0.1, 0.15) is 25.7 Å². The zero-order chi connectivity index (χ0) is 6.74. The number of rotatable bonds is 2. The molecule has 1 saturated carbocycles. The summed E-state index contributed by atoms with van der Waals surface area (Å²) in [6, 6.07) is 0. The molecule has 0 unspecified atom stereocenters. The molecule has 0 atom stereocenters. The lowest BCUT2D eigenvalue weighted by Crippen LogP contribution is -2.43. The van der Waals surface area contributed by atoms with Gasteiger partial charge in [-0.05, 0) is 25.7 Å². The van der Waals surface area contributed by atoms with Gasteiger partial charge in [0.1, 0.15) is 5.66 Å². The van der Waals surface area contributed by atoms with Crippen molar-refractivity contribution in [3.8, 4) is 0 Å². The lowest BCUT2D eigenvalue weighted by molar-refractivity contribution is -0.111. The van der Waals surface area contributed by atoms with Crippen LogP contribution in [-0.2, 0) is 4.79 Å². The number of hydrogen-bond acceptors (Lipinski definition) is 1. The molecule has 1 aliphatic rings. The Labute approximate surface area is 54.6 Å². The highest BCUT2D eigenvalue weighted by Gasteiger charge is 2.28. The van der Waals surface area contributed by atoms with Gasteiger partial charge in [0.15, 0.2) is 0 Å². The Morgan fingerprint density at radius 1 is 1.44 bits per heavy atom. The van der Waals surface area contributed by atoms with Crippen molar-refractivity contribution >= 4 is 6.41 Å². The Balaban J connectivity index is 2.40. The van der Waals surface area contributed by atoms with Crippen molar-refractivity contribution in [3.05, 3.63) is 0 Å². The second-order valence-corrected chi connectivity index (χ2v) is 2.55. The zero-order valence-electron chi connectivity index (χ0n) is 5.31. The molecule has 0 aromatic rings. The van der Waals surface area contributed by atoms with E-state index in [9.17, 15) is 4.79 Å². The molecule has 0 saturated heterocycles. The Morgan fingerprint density at radius 2 is 2.00 bits per heavy atom. The summed E-state index contributed by atoms with van der Waals surface area (Å²) < 4.78 is 0. The maximum absolute atomic E-state index is 9.93. The number of carbonyl (C=O) groups is 1. The number of hydrogen-bond donors (Lipinski definition) is 1. The Morgan fingerprint density at radius 3 is 2.44 bits per heavy atom. The lowest BCUT2D eigenvalue weighted by Gasteiger charge is -2.20. The third kappa shape index (κ3) is 1.42. The molecule has 2 N–H and O–H groups in total. The van der Waals surface area contributed by atoms with Crippen molar-refractivity contribution in [1.29, 1.82) is 0 Å². The molecule has 9 heavy (non-hydrogen) atoms. The fourth-order valence-electron chi connectivity index (χ4n) is 1.24. The summed E-state index contributed by atoms with van der Waals surface area (Å²) in [5, 5.41) is 2.51. The Kier molecular flexibility index (Phi) is 1.71. The minimum atomic E-state index is -0.623. The molecule has 1 rings (SSSR count). The Bertz CT molecular complexity index is 108. The van der Waals surface area contributed by atoms with Crippen LogP contribution in [0.3, 0.4) is 0 Å². The van der Waals surface area contributed by atoms with Gasteiger partial charge >= 0.3 is 0 Å². The van der Waals surface area contributed by atoms with Gasteiger partial charge in [-0.2, -0.15) is 0 Å². The maximum Gasteiger partial charge on any atom is 0.208 e. The summed E-state index contributed by atoms with van der Waals surface area (Å²) >= 11 is 0. The van der Waals surface area contributed by atoms with Gasteiger partial charge in [0.25, 0.3) is 0 Å². The summed E-state index contributed by atoms with van der Waals surface area (Å²) in [4.78, 5) is 9.93. The summed E-state index contributed by atoms with van der Waals surface area (Å²) in [5.41, 5.74) is 6.91. The van der Waals surface area contributed by atoms with Gasteiger partial charge in [-0.15, -0.1) is 0 Å². The van der Waals surface area contributed by atoms with E-state index < -0.39 is 5.66 Å². The first-order valence-corrected chi connectivity index (χ1v) is 3.23. The second kappa shape index (κ2) is 2.35. The van der Waals surface area contributed by atoms with Gasteiger partial charge in [-0.25, -0.2) is 5.73 Å². The molecule has 0 aliphatic heterocycles. The summed E-state index contributed by atoms with van der Waals surface area (Å²) in [6.07, 6.45) is 4.39. The van der Waals surface area contributed by atoms with Gasteiger partial charge in [0.05, 0.1) is 0 Å². The average molecular weight is 127 g/mol. The zero-order valence-corrected chi connectivity index (χ0v) is 5.31. The molecule has 3 nitrogen and oxygen atoms in total. The topological polar surface area (TPSA) is 52.9 Å². The molecule has 0 aromatic heterocycles. The molecule has 1 fully saturated rings. The van der Waals surface area contributed by atoms with E-state index in [1.165, 1.54) is 0 Å². The number of carbonyl (C=O) groups excluding carboxylic acids is 1. The third-order valence-electron chi connectivity index (χ3n) is 1.79. The van der Waals surface area contributed by atoms with Crippen molar-refractivity contribution in [1.82, 2.24) is 11.1 Å². The summed E-state index contributed by atoms with van der Waals surface area (Å²) in [5.74, 6) is 0. The predicted octanol–water partition coefficient (Wildman–Crippen LogP) is 0.286. The predicted molar refractivity (Wildman–Crippen MR) is 33.5 cm³/mol. The minimum Gasteiger partial charge on any atom is -0.340 e. The number of nitrogens with one attached hydrogen (secondary N) is 2. The van der Waals surface area contributed by atoms with E-state index in [4.69, 9.17) is 5.73 Å². The van der Waals surface area contributed by atoms with E-state index >= 15 is 0 Å². The van der Waals surface area contributed by atoms with E-state index in [-0.39, 0.29) is 0 Å². The Hall–Kier alpha value is -0.570. The van der Waals surface area contributed by atoms with Crippen LogP contribution in [0.25, 0.3) is 0 Å². The quantitative estimate of drug-likeness (QED) is 0.532. The van der Waals surface area contributed by atoms with Gasteiger partial charge in [-0.3, -0.25) is 4.79 Å². The smallest absolute Gasteiger partial charge is 0.208 e. The molecule has 0 heterocycles. The van der Waals surface area contributed by atoms with E-state index in [1.807, 2.05) is 0 Å².